The van der Waals surface area contributed by atoms with Crippen LogP contribution in [0.15, 0.2) is 54.7 Å². The minimum atomic E-state index is -4.54. The van der Waals surface area contributed by atoms with Crippen molar-refractivity contribution in [1.29, 1.82) is 0 Å². The number of benzene rings is 2. The Hall–Kier alpha value is -3.42. The SMILES string of the molecule is Cc1ccc(-c2ccccc2C(=O)N2CCCC(Nc3nccc(C(F)(F)F)n3)C2)cc1C. The van der Waals surface area contributed by atoms with E-state index < -0.39 is 11.9 Å². The number of halogens is 3. The van der Waals surface area contributed by atoms with E-state index in [-0.39, 0.29) is 17.9 Å². The van der Waals surface area contributed by atoms with Gasteiger partial charge in [0.1, 0.15) is 5.69 Å². The van der Waals surface area contributed by atoms with Crippen molar-refractivity contribution in [2.24, 2.45) is 0 Å². The van der Waals surface area contributed by atoms with E-state index in [0.29, 0.717) is 25.1 Å². The smallest absolute Gasteiger partial charge is 0.350 e. The number of likely N-dealkylation sites (tertiary alicyclic amines) is 1. The molecule has 172 valence electrons. The molecule has 1 fully saturated rings. The topological polar surface area (TPSA) is 58.1 Å². The molecular formula is C25H25F3N4O. The van der Waals surface area contributed by atoms with Crippen LogP contribution < -0.4 is 5.32 Å². The first kappa shape index (κ1) is 22.8. The van der Waals surface area contributed by atoms with Gasteiger partial charge in [-0.15, -0.1) is 0 Å². The van der Waals surface area contributed by atoms with Gasteiger partial charge < -0.3 is 10.2 Å². The summed E-state index contributed by atoms with van der Waals surface area (Å²) in [5.74, 6) is -0.181. The van der Waals surface area contributed by atoms with Gasteiger partial charge in [-0.3, -0.25) is 4.79 Å². The molecule has 2 heterocycles. The molecule has 33 heavy (non-hydrogen) atoms. The average molecular weight is 454 g/mol. The molecular weight excluding hydrogens is 429 g/mol. The Kier molecular flexibility index (Phi) is 6.35. The predicted molar refractivity (Wildman–Crippen MR) is 121 cm³/mol. The number of aryl methyl sites for hydroxylation is 2. The molecule has 1 aromatic heterocycles. The Bertz CT molecular complexity index is 1160. The molecule has 0 aliphatic carbocycles. The first-order valence-electron chi connectivity index (χ1n) is 10.8. The second-order valence-corrected chi connectivity index (χ2v) is 8.34. The molecule has 1 amide bonds. The van der Waals surface area contributed by atoms with E-state index in [9.17, 15) is 18.0 Å². The highest BCUT2D eigenvalue weighted by molar-refractivity contribution is 6.01. The molecule has 0 radical (unpaired) electrons. The molecule has 1 aliphatic rings. The maximum atomic E-state index is 13.4. The van der Waals surface area contributed by atoms with Crippen LogP contribution in [0.3, 0.4) is 0 Å². The third kappa shape index (κ3) is 5.16. The number of nitrogens with one attached hydrogen (secondary N) is 1. The zero-order chi connectivity index (χ0) is 23.6. The summed E-state index contributed by atoms with van der Waals surface area (Å²) in [6, 6.07) is 14.2. The van der Waals surface area contributed by atoms with Gasteiger partial charge in [-0.05, 0) is 61.1 Å². The van der Waals surface area contributed by atoms with Gasteiger partial charge in [-0.1, -0.05) is 36.4 Å². The highest BCUT2D eigenvalue weighted by Gasteiger charge is 2.33. The molecule has 4 rings (SSSR count). The molecule has 0 saturated carbocycles. The van der Waals surface area contributed by atoms with Crippen LogP contribution in [-0.4, -0.2) is 39.9 Å². The van der Waals surface area contributed by atoms with Crippen LogP contribution in [0.4, 0.5) is 19.1 Å². The highest BCUT2D eigenvalue weighted by atomic mass is 19.4. The third-order valence-electron chi connectivity index (χ3n) is 5.96. The first-order valence-corrected chi connectivity index (χ1v) is 10.8. The van der Waals surface area contributed by atoms with Crippen molar-refractivity contribution in [3.8, 4) is 11.1 Å². The molecule has 5 nitrogen and oxygen atoms in total. The minimum absolute atomic E-state index is 0.0837. The number of alkyl halides is 3. The number of amides is 1. The molecule has 0 bridgehead atoms. The summed E-state index contributed by atoms with van der Waals surface area (Å²) in [5.41, 5.74) is 3.79. The molecule has 1 atom stereocenters. The van der Waals surface area contributed by atoms with E-state index >= 15 is 0 Å². The minimum Gasteiger partial charge on any atom is -0.350 e. The van der Waals surface area contributed by atoms with Crippen molar-refractivity contribution in [2.45, 2.75) is 38.9 Å². The van der Waals surface area contributed by atoms with Crippen molar-refractivity contribution in [1.82, 2.24) is 14.9 Å². The van der Waals surface area contributed by atoms with Crippen LogP contribution in [-0.2, 0) is 6.18 Å². The number of hydrogen-bond donors (Lipinski definition) is 1. The van der Waals surface area contributed by atoms with Gasteiger partial charge in [0.25, 0.3) is 5.91 Å². The Morgan fingerprint density at radius 2 is 1.88 bits per heavy atom. The summed E-state index contributed by atoms with van der Waals surface area (Å²) in [5, 5.41) is 2.97. The Morgan fingerprint density at radius 3 is 2.64 bits per heavy atom. The van der Waals surface area contributed by atoms with Crippen LogP contribution in [0.1, 0.15) is 40.0 Å². The van der Waals surface area contributed by atoms with Crippen molar-refractivity contribution < 1.29 is 18.0 Å². The number of carbonyl (C=O) groups excluding carboxylic acids is 1. The van der Waals surface area contributed by atoms with E-state index in [1.165, 1.54) is 5.56 Å². The number of anilines is 1. The maximum Gasteiger partial charge on any atom is 0.433 e. The third-order valence-corrected chi connectivity index (χ3v) is 5.96. The van der Waals surface area contributed by atoms with Gasteiger partial charge in [0.2, 0.25) is 5.95 Å². The van der Waals surface area contributed by atoms with Crippen LogP contribution in [0, 0.1) is 13.8 Å². The fourth-order valence-electron chi connectivity index (χ4n) is 4.05. The monoisotopic (exact) mass is 454 g/mol. The number of carbonyl (C=O) groups is 1. The van der Waals surface area contributed by atoms with Gasteiger partial charge in [-0.25, -0.2) is 9.97 Å². The first-order chi connectivity index (χ1) is 15.7. The zero-order valence-electron chi connectivity index (χ0n) is 18.5. The van der Waals surface area contributed by atoms with Crippen LogP contribution in [0.25, 0.3) is 11.1 Å². The standard InChI is InChI=1S/C25H25F3N4O/c1-16-9-10-18(14-17(16)2)20-7-3-4-8-21(20)23(33)32-13-5-6-19(15-32)30-24-29-12-11-22(31-24)25(26,27)28/h3-4,7-12,14,19H,5-6,13,15H2,1-2H3,(H,29,30,31). The summed E-state index contributed by atoms with van der Waals surface area (Å²) in [6.45, 7) is 5.03. The molecule has 1 aliphatic heterocycles. The molecule has 3 aromatic rings. The largest absolute Gasteiger partial charge is 0.433 e. The number of hydrogen-bond acceptors (Lipinski definition) is 4. The summed E-state index contributed by atoms with van der Waals surface area (Å²) >= 11 is 0. The van der Waals surface area contributed by atoms with Gasteiger partial charge in [-0.2, -0.15) is 13.2 Å². The zero-order valence-corrected chi connectivity index (χ0v) is 18.5. The Labute approximate surface area is 190 Å². The van der Waals surface area contributed by atoms with E-state index in [0.717, 1.165) is 35.4 Å². The van der Waals surface area contributed by atoms with Gasteiger partial charge in [0, 0.05) is 30.9 Å². The number of nitrogens with zero attached hydrogens (tertiary/aromatic N) is 3. The fourth-order valence-corrected chi connectivity index (χ4v) is 4.05. The van der Waals surface area contributed by atoms with Crippen molar-refractivity contribution in [3.05, 3.63) is 77.1 Å². The van der Waals surface area contributed by atoms with Crippen LogP contribution in [0.5, 0.6) is 0 Å². The predicted octanol–water partition coefficient (Wildman–Crippen LogP) is 5.50. The van der Waals surface area contributed by atoms with Gasteiger partial charge in [0.05, 0.1) is 0 Å². The molecule has 1 saturated heterocycles. The lowest BCUT2D eigenvalue weighted by Gasteiger charge is -2.33. The van der Waals surface area contributed by atoms with Crippen molar-refractivity contribution in [2.75, 3.05) is 18.4 Å². The second kappa shape index (κ2) is 9.21. The van der Waals surface area contributed by atoms with Gasteiger partial charge in [0.15, 0.2) is 0 Å². The number of rotatable bonds is 4. The Morgan fingerprint density at radius 1 is 1.09 bits per heavy atom. The van der Waals surface area contributed by atoms with Crippen molar-refractivity contribution >= 4 is 11.9 Å². The van der Waals surface area contributed by atoms with Crippen molar-refractivity contribution in [3.63, 3.8) is 0 Å². The second-order valence-electron chi connectivity index (χ2n) is 8.34. The number of piperidine rings is 1. The molecule has 1 N–H and O–H groups in total. The lowest BCUT2D eigenvalue weighted by Crippen LogP contribution is -2.45. The van der Waals surface area contributed by atoms with Crippen LogP contribution >= 0.6 is 0 Å². The molecule has 8 heteroatoms. The van der Waals surface area contributed by atoms with E-state index in [2.05, 4.69) is 21.4 Å². The highest BCUT2D eigenvalue weighted by Crippen LogP contribution is 2.29. The lowest BCUT2D eigenvalue weighted by atomic mass is 9.95. The normalized spacial score (nSPS) is 16.5. The fraction of sp³-hybridized carbons (Fsp3) is 0.320. The molecule has 2 aromatic carbocycles. The summed E-state index contributed by atoms with van der Waals surface area (Å²) in [4.78, 5) is 22.7. The maximum absolute atomic E-state index is 13.4. The molecule has 1 unspecified atom stereocenters. The summed E-state index contributed by atoms with van der Waals surface area (Å²) in [6.07, 6.45) is -2.01. The van der Waals surface area contributed by atoms with E-state index in [1.54, 1.807) is 4.90 Å². The molecule has 0 spiro atoms. The summed E-state index contributed by atoms with van der Waals surface area (Å²) < 4.78 is 38.9. The average Bonchev–Trinajstić information content (AvgIpc) is 2.80. The van der Waals surface area contributed by atoms with Gasteiger partial charge >= 0.3 is 6.18 Å². The lowest BCUT2D eigenvalue weighted by molar-refractivity contribution is -0.141. The Balaban J connectivity index is 1.53. The van der Waals surface area contributed by atoms with Crippen LogP contribution in [0.2, 0.25) is 0 Å². The van der Waals surface area contributed by atoms with E-state index in [4.69, 9.17) is 0 Å². The van der Waals surface area contributed by atoms with E-state index in [1.807, 2.05) is 50.2 Å². The summed E-state index contributed by atoms with van der Waals surface area (Å²) in [7, 11) is 0. The number of aromatic nitrogens is 2. The quantitative estimate of drug-likeness (QED) is 0.566.